The molecule has 0 aliphatic heterocycles. The van der Waals surface area contributed by atoms with E-state index >= 15 is 0 Å². The van der Waals surface area contributed by atoms with Crippen molar-refractivity contribution in [3.63, 3.8) is 0 Å². The molecule has 3 rings (SSSR count). The number of para-hydroxylation sites is 1. The lowest BCUT2D eigenvalue weighted by Crippen LogP contribution is -2.14. The second-order valence-electron chi connectivity index (χ2n) is 6.64. The summed E-state index contributed by atoms with van der Waals surface area (Å²) in [5, 5.41) is 12.0. The quantitative estimate of drug-likeness (QED) is 0.307. The van der Waals surface area contributed by atoms with Crippen LogP contribution in [0.4, 0.5) is 10.1 Å². The van der Waals surface area contributed by atoms with Crippen LogP contribution in [0.3, 0.4) is 0 Å². The number of nitrogens with zero attached hydrogens (tertiary/aromatic N) is 1. The number of rotatable bonds is 6. The maximum atomic E-state index is 13.8. The molecule has 0 saturated heterocycles. The van der Waals surface area contributed by atoms with E-state index in [0.717, 1.165) is 17.7 Å². The molecule has 0 aliphatic carbocycles. The Morgan fingerprint density at radius 1 is 1.12 bits per heavy atom. The van der Waals surface area contributed by atoms with Crippen molar-refractivity contribution in [2.24, 2.45) is 0 Å². The fourth-order valence-corrected chi connectivity index (χ4v) is 3.77. The third-order valence-corrected chi connectivity index (χ3v) is 5.75. The van der Waals surface area contributed by atoms with Gasteiger partial charge in [-0.3, -0.25) is 4.79 Å². The van der Waals surface area contributed by atoms with Gasteiger partial charge >= 0.3 is 10.1 Å². The molecule has 0 bridgehead atoms. The highest BCUT2D eigenvalue weighted by Gasteiger charge is 2.19. The monoisotopic (exact) mass is 470 g/mol. The van der Waals surface area contributed by atoms with Crippen LogP contribution >= 0.6 is 11.6 Å². The minimum absolute atomic E-state index is 0.0641. The number of nitriles is 1. The van der Waals surface area contributed by atoms with E-state index < -0.39 is 27.4 Å². The smallest absolute Gasteiger partial charge is 0.339 e. The van der Waals surface area contributed by atoms with E-state index in [4.69, 9.17) is 15.8 Å². The summed E-state index contributed by atoms with van der Waals surface area (Å²) in [6.07, 6.45) is 1.11. The summed E-state index contributed by atoms with van der Waals surface area (Å²) in [7, 11) is -4.19. The summed E-state index contributed by atoms with van der Waals surface area (Å²) in [6, 6.07) is 17.3. The minimum atomic E-state index is -4.19. The molecule has 32 heavy (non-hydrogen) atoms. The molecule has 0 unspecified atom stereocenters. The molecule has 0 heterocycles. The number of carbonyl (C=O) groups excluding carboxylic acids is 1. The highest BCUT2D eigenvalue weighted by Crippen LogP contribution is 2.28. The van der Waals surface area contributed by atoms with Crippen molar-refractivity contribution in [1.82, 2.24) is 0 Å². The van der Waals surface area contributed by atoms with Gasteiger partial charge in [-0.2, -0.15) is 13.7 Å². The summed E-state index contributed by atoms with van der Waals surface area (Å²) >= 11 is 6.01. The van der Waals surface area contributed by atoms with Crippen molar-refractivity contribution in [2.45, 2.75) is 11.8 Å². The number of anilines is 1. The average molecular weight is 471 g/mol. The fraction of sp³-hybridized carbons (Fsp3) is 0.0435. The van der Waals surface area contributed by atoms with E-state index in [-0.39, 0.29) is 26.9 Å². The SMILES string of the molecule is Cc1ccc(S(=O)(=O)Oc2ccc(Cl)cc2/C=C(\C#N)C(=O)Nc2ccccc2F)cc1. The summed E-state index contributed by atoms with van der Waals surface area (Å²) in [5.74, 6) is -1.69. The molecule has 0 saturated carbocycles. The zero-order chi connectivity index (χ0) is 23.3. The standard InChI is InChI=1S/C23H16ClFN2O4S/c1-15-6-9-19(10-7-15)32(29,30)31-22-11-8-18(24)13-16(22)12-17(14-26)23(28)27-21-5-3-2-4-20(21)25/h2-13H,1H3,(H,27,28)/b17-12+. The molecular formula is C23H16ClFN2O4S. The van der Waals surface area contributed by atoms with Crippen LogP contribution in [0.15, 0.2) is 77.2 Å². The molecule has 0 spiro atoms. The van der Waals surface area contributed by atoms with Gasteiger partial charge in [-0.15, -0.1) is 0 Å². The summed E-state index contributed by atoms with van der Waals surface area (Å²) in [4.78, 5) is 12.4. The first-order valence-electron chi connectivity index (χ1n) is 9.18. The van der Waals surface area contributed by atoms with Crippen LogP contribution in [-0.4, -0.2) is 14.3 Å². The molecule has 162 valence electrons. The van der Waals surface area contributed by atoms with Crippen molar-refractivity contribution in [1.29, 1.82) is 5.26 Å². The lowest BCUT2D eigenvalue weighted by atomic mass is 10.1. The number of halogens is 2. The first-order chi connectivity index (χ1) is 15.2. The number of hydrogen-bond donors (Lipinski definition) is 1. The Labute approximate surface area is 189 Å². The molecule has 1 amide bonds. The molecular weight excluding hydrogens is 455 g/mol. The first kappa shape index (κ1) is 23.0. The first-order valence-corrected chi connectivity index (χ1v) is 11.0. The normalized spacial score (nSPS) is 11.5. The summed E-state index contributed by atoms with van der Waals surface area (Å²) in [6.45, 7) is 1.81. The highest BCUT2D eigenvalue weighted by molar-refractivity contribution is 7.87. The molecule has 3 aromatic carbocycles. The van der Waals surface area contributed by atoms with Crippen LogP contribution in [0.1, 0.15) is 11.1 Å². The molecule has 3 aromatic rings. The predicted molar refractivity (Wildman–Crippen MR) is 119 cm³/mol. The fourth-order valence-electron chi connectivity index (χ4n) is 2.64. The topological polar surface area (TPSA) is 96.3 Å². The maximum Gasteiger partial charge on any atom is 0.339 e. The van der Waals surface area contributed by atoms with Gasteiger partial charge in [0.25, 0.3) is 5.91 Å². The number of benzene rings is 3. The van der Waals surface area contributed by atoms with Crippen LogP contribution in [0, 0.1) is 24.1 Å². The summed E-state index contributed by atoms with van der Waals surface area (Å²) in [5.41, 5.74) is 0.434. The Morgan fingerprint density at radius 3 is 2.47 bits per heavy atom. The van der Waals surface area contributed by atoms with Crippen molar-refractivity contribution < 1.29 is 21.8 Å². The summed E-state index contributed by atoms with van der Waals surface area (Å²) < 4.78 is 44.4. The maximum absolute atomic E-state index is 13.8. The van der Waals surface area contributed by atoms with Gasteiger partial charge in [0.1, 0.15) is 28.1 Å². The van der Waals surface area contributed by atoms with Crippen molar-refractivity contribution in [3.8, 4) is 11.8 Å². The molecule has 0 radical (unpaired) electrons. The average Bonchev–Trinajstić information content (AvgIpc) is 2.75. The van der Waals surface area contributed by atoms with E-state index in [9.17, 15) is 22.9 Å². The second-order valence-corrected chi connectivity index (χ2v) is 8.62. The molecule has 0 atom stereocenters. The molecule has 6 nitrogen and oxygen atoms in total. The van der Waals surface area contributed by atoms with Crippen LogP contribution in [0.5, 0.6) is 5.75 Å². The lowest BCUT2D eigenvalue weighted by Gasteiger charge is -2.11. The molecule has 0 fully saturated rings. The van der Waals surface area contributed by atoms with E-state index in [1.54, 1.807) is 18.2 Å². The largest absolute Gasteiger partial charge is 0.378 e. The van der Waals surface area contributed by atoms with E-state index in [1.807, 2.05) is 6.92 Å². The van der Waals surface area contributed by atoms with Gasteiger partial charge in [-0.25, -0.2) is 4.39 Å². The van der Waals surface area contributed by atoms with Crippen LogP contribution < -0.4 is 9.50 Å². The lowest BCUT2D eigenvalue weighted by molar-refractivity contribution is -0.112. The van der Waals surface area contributed by atoms with Gasteiger partial charge in [-0.1, -0.05) is 41.4 Å². The zero-order valence-electron chi connectivity index (χ0n) is 16.7. The molecule has 9 heteroatoms. The zero-order valence-corrected chi connectivity index (χ0v) is 18.2. The van der Waals surface area contributed by atoms with Gasteiger partial charge < -0.3 is 9.50 Å². The van der Waals surface area contributed by atoms with Gasteiger partial charge in [0, 0.05) is 10.6 Å². The number of aryl methyl sites for hydroxylation is 1. The third-order valence-electron chi connectivity index (χ3n) is 4.27. The molecule has 1 N–H and O–H groups in total. The Balaban J connectivity index is 1.95. The van der Waals surface area contributed by atoms with Crippen LogP contribution in [0.25, 0.3) is 6.08 Å². The Morgan fingerprint density at radius 2 is 1.81 bits per heavy atom. The van der Waals surface area contributed by atoms with Crippen molar-refractivity contribution in [3.05, 3.63) is 94.3 Å². The second kappa shape index (κ2) is 9.64. The highest BCUT2D eigenvalue weighted by atomic mass is 35.5. The number of nitrogens with one attached hydrogen (secondary N) is 1. The Kier molecular flexibility index (Phi) is 6.93. The van der Waals surface area contributed by atoms with Crippen LogP contribution in [-0.2, 0) is 14.9 Å². The van der Waals surface area contributed by atoms with Gasteiger partial charge in [0.05, 0.1) is 5.69 Å². The molecule has 0 aromatic heterocycles. The third kappa shape index (κ3) is 5.52. The Hall–Kier alpha value is -3.67. The van der Waals surface area contributed by atoms with E-state index in [2.05, 4.69) is 5.32 Å². The van der Waals surface area contributed by atoms with Crippen LogP contribution in [0.2, 0.25) is 5.02 Å². The number of carbonyl (C=O) groups is 1. The van der Waals surface area contributed by atoms with Crippen molar-refractivity contribution >= 4 is 39.4 Å². The minimum Gasteiger partial charge on any atom is -0.378 e. The predicted octanol–water partition coefficient (Wildman–Crippen LogP) is 5.10. The van der Waals surface area contributed by atoms with Gasteiger partial charge in [0.15, 0.2) is 0 Å². The number of hydrogen-bond acceptors (Lipinski definition) is 5. The van der Waals surface area contributed by atoms with Crippen molar-refractivity contribution in [2.75, 3.05) is 5.32 Å². The van der Waals surface area contributed by atoms with E-state index in [1.165, 1.54) is 48.5 Å². The van der Waals surface area contributed by atoms with E-state index in [0.29, 0.717) is 0 Å². The number of amides is 1. The van der Waals surface area contributed by atoms with Gasteiger partial charge in [0.2, 0.25) is 0 Å². The molecule has 0 aliphatic rings. The Bertz CT molecular complexity index is 1350. The van der Waals surface area contributed by atoms with Gasteiger partial charge in [-0.05, 0) is 55.5 Å².